The minimum absolute atomic E-state index is 0.0161. The number of benzene rings is 4. The molecule has 39 heavy (non-hydrogen) atoms. The van der Waals surface area contributed by atoms with Gasteiger partial charge in [-0.05, 0) is 84.7 Å². The molecule has 0 aromatic heterocycles. The second kappa shape index (κ2) is 14.2. The van der Waals surface area contributed by atoms with Gasteiger partial charge in [0.2, 0.25) is 0 Å². The van der Waals surface area contributed by atoms with Gasteiger partial charge in [0.1, 0.15) is 0 Å². The van der Waals surface area contributed by atoms with Gasteiger partial charge in [0.25, 0.3) is 0 Å². The molecular weight excluding hydrogens is 546 g/mol. The molecule has 0 atom stereocenters. The number of hydrogen-bond acceptors (Lipinski definition) is 2. The average Bonchev–Trinajstić information content (AvgIpc) is 2.99. The van der Waals surface area contributed by atoms with Crippen LogP contribution in [0.5, 0.6) is 0 Å². The maximum atomic E-state index is 6.92. The maximum absolute atomic E-state index is 6.92. The van der Waals surface area contributed by atoms with Crippen LogP contribution < -0.4 is 0 Å². The van der Waals surface area contributed by atoms with E-state index in [9.17, 15) is 0 Å². The van der Waals surface area contributed by atoms with Crippen molar-refractivity contribution in [3.05, 3.63) is 144 Å². The SMILES string of the molecule is CC(C)(P(=S)(CCc1ccccc1)CCc1ccccc1)P(=S)(CCc1ccccc1)CCc1ccccc1. The van der Waals surface area contributed by atoms with E-state index in [0.29, 0.717) is 0 Å². The smallest absolute Gasteiger partial charge is 0.0231 e. The van der Waals surface area contributed by atoms with Crippen LogP contribution >= 0.6 is 12.1 Å². The summed E-state index contributed by atoms with van der Waals surface area (Å²) >= 11 is 13.8. The van der Waals surface area contributed by atoms with Gasteiger partial charge < -0.3 is 0 Å². The fourth-order valence-corrected chi connectivity index (χ4v) is 18.8. The Morgan fingerprint density at radius 1 is 0.410 bits per heavy atom. The Hall–Kier alpha value is -1.82. The highest BCUT2D eigenvalue weighted by Crippen LogP contribution is 2.76. The van der Waals surface area contributed by atoms with Crippen LogP contribution in [0.1, 0.15) is 36.1 Å². The highest BCUT2D eigenvalue weighted by molar-refractivity contribution is 8.25. The van der Waals surface area contributed by atoms with Gasteiger partial charge in [0.15, 0.2) is 0 Å². The third-order valence-electron chi connectivity index (χ3n) is 8.41. The molecule has 0 fully saturated rings. The summed E-state index contributed by atoms with van der Waals surface area (Å²) in [6.07, 6.45) is 8.52. The second-order valence-corrected chi connectivity index (χ2v) is 23.2. The first kappa shape index (κ1) is 30.1. The summed E-state index contributed by atoms with van der Waals surface area (Å²) in [5, 5.41) is 0. The molecule has 0 N–H and O–H groups in total. The topological polar surface area (TPSA) is 0 Å². The lowest BCUT2D eigenvalue weighted by Crippen LogP contribution is -2.29. The van der Waals surface area contributed by atoms with Crippen LogP contribution in [0.25, 0.3) is 0 Å². The van der Waals surface area contributed by atoms with E-state index in [2.05, 4.69) is 135 Å². The average molecular weight is 589 g/mol. The third kappa shape index (κ3) is 8.11. The van der Waals surface area contributed by atoms with E-state index in [0.717, 1.165) is 50.3 Å². The summed E-state index contributed by atoms with van der Waals surface area (Å²) in [6.45, 7) is 4.97. The van der Waals surface area contributed by atoms with Gasteiger partial charge in [-0.3, -0.25) is 0 Å². The lowest BCUT2D eigenvalue weighted by Gasteiger charge is -2.47. The van der Waals surface area contributed by atoms with E-state index in [-0.39, 0.29) is 4.90 Å². The van der Waals surface area contributed by atoms with Gasteiger partial charge >= 0.3 is 0 Å². The maximum Gasteiger partial charge on any atom is 0.0231 e. The van der Waals surface area contributed by atoms with Crippen molar-refractivity contribution in [2.24, 2.45) is 0 Å². The van der Waals surface area contributed by atoms with Crippen LogP contribution in [0.15, 0.2) is 121 Å². The van der Waals surface area contributed by atoms with Crippen molar-refractivity contribution in [3.63, 3.8) is 0 Å². The van der Waals surface area contributed by atoms with Crippen molar-refractivity contribution in [3.8, 4) is 0 Å². The van der Waals surface area contributed by atoms with E-state index < -0.39 is 12.1 Å². The first-order valence-electron chi connectivity index (χ1n) is 14.1. The number of aryl methyl sites for hydroxylation is 4. The Morgan fingerprint density at radius 2 is 0.615 bits per heavy atom. The summed E-state index contributed by atoms with van der Waals surface area (Å²) < 4.78 is 0. The predicted molar refractivity (Wildman–Crippen MR) is 183 cm³/mol. The quantitative estimate of drug-likeness (QED) is 0.135. The highest BCUT2D eigenvalue weighted by Gasteiger charge is 2.45. The van der Waals surface area contributed by atoms with Gasteiger partial charge in [-0.2, -0.15) is 0 Å². The molecule has 0 aliphatic rings. The summed E-state index contributed by atoms with van der Waals surface area (Å²) in [5.74, 6) is 0. The van der Waals surface area contributed by atoms with Gasteiger partial charge in [-0.25, -0.2) is 0 Å². The van der Waals surface area contributed by atoms with Crippen LogP contribution in [0.4, 0.5) is 0 Å². The number of rotatable bonds is 14. The molecule has 0 spiro atoms. The van der Waals surface area contributed by atoms with Gasteiger partial charge in [0.05, 0.1) is 0 Å². The molecular formula is C35H42P2S2. The van der Waals surface area contributed by atoms with E-state index >= 15 is 0 Å². The van der Waals surface area contributed by atoms with Crippen LogP contribution in [-0.2, 0) is 49.3 Å². The van der Waals surface area contributed by atoms with Crippen molar-refractivity contribution >= 4 is 35.7 Å². The normalized spacial score (nSPS) is 12.4. The molecule has 0 unspecified atom stereocenters. The van der Waals surface area contributed by atoms with E-state index in [1.165, 1.54) is 22.3 Å². The Kier molecular flexibility index (Phi) is 11.0. The molecule has 204 valence electrons. The van der Waals surface area contributed by atoms with Gasteiger partial charge in [0, 0.05) is 4.90 Å². The molecule has 4 rings (SSSR count). The van der Waals surface area contributed by atoms with E-state index in [1.807, 2.05) is 0 Å². The monoisotopic (exact) mass is 588 g/mol. The summed E-state index contributed by atoms with van der Waals surface area (Å²) in [6, 6.07) is 40.0. The third-order valence-corrected chi connectivity index (χ3v) is 24.2. The van der Waals surface area contributed by atoms with E-state index in [4.69, 9.17) is 23.6 Å². The van der Waals surface area contributed by atoms with Crippen molar-refractivity contribution in [1.82, 2.24) is 0 Å². The zero-order chi connectivity index (χ0) is 27.6. The molecule has 0 nitrogen and oxygen atoms in total. The van der Waals surface area contributed by atoms with Crippen molar-refractivity contribution in [1.29, 1.82) is 0 Å². The zero-order valence-corrected chi connectivity index (χ0v) is 26.8. The molecule has 0 aliphatic carbocycles. The fraction of sp³-hybridized carbons (Fsp3) is 0.314. The largest absolute Gasteiger partial charge is 0.0965 e. The van der Waals surface area contributed by atoms with Crippen LogP contribution in [0.3, 0.4) is 0 Å². The fourth-order valence-electron chi connectivity index (χ4n) is 5.47. The molecule has 0 saturated heterocycles. The summed E-state index contributed by atoms with van der Waals surface area (Å²) in [5.41, 5.74) is 5.57. The summed E-state index contributed by atoms with van der Waals surface area (Å²) in [7, 11) is 0. The first-order valence-corrected chi connectivity index (χ1v) is 20.5. The first-order chi connectivity index (χ1) is 18.8. The second-order valence-electron chi connectivity index (χ2n) is 11.1. The lowest BCUT2D eigenvalue weighted by molar-refractivity contribution is 0.922. The molecule has 0 saturated carbocycles. The molecule has 4 aromatic carbocycles. The van der Waals surface area contributed by atoms with Gasteiger partial charge in [-0.1, -0.05) is 159 Å². The highest BCUT2D eigenvalue weighted by atomic mass is 32.5. The Bertz CT molecular complexity index is 1170. The number of hydrogen-bond donors (Lipinski definition) is 0. The van der Waals surface area contributed by atoms with Crippen molar-refractivity contribution in [2.45, 2.75) is 44.4 Å². The Labute approximate surface area is 247 Å². The lowest BCUT2D eigenvalue weighted by atomic mass is 10.2. The molecule has 4 heteroatoms. The zero-order valence-electron chi connectivity index (χ0n) is 23.4. The van der Waals surface area contributed by atoms with Crippen molar-refractivity contribution < 1.29 is 0 Å². The molecule has 0 bridgehead atoms. The molecule has 0 aliphatic heterocycles. The van der Waals surface area contributed by atoms with E-state index in [1.54, 1.807) is 0 Å². The Balaban J connectivity index is 1.66. The Morgan fingerprint density at radius 3 is 0.821 bits per heavy atom. The predicted octanol–water partition coefficient (Wildman–Crippen LogP) is 9.65. The minimum atomic E-state index is -1.84. The van der Waals surface area contributed by atoms with Crippen LogP contribution in [0, 0.1) is 0 Å². The van der Waals surface area contributed by atoms with Crippen LogP contribution in [-0.4, -0.2) is 29.5 Å². The minimum Gasteiger partial charge on any atom is -0.0965 e. The summed E-state index contributed by atoms with van der Waals surface area (Å²) in [4.78, 5) is -0.0161. The standard InChI is InChI=1S/C35H42P2S2/c1-35(2,36(38,27-23-31-15-7-3-8-16-31)28-24-32-17-9-4-10-18-32)37(39,29-25-33-19-11-5-12-20-33)30-26-34-21-13-6-14-22-34/h3-22H,23-30H2,1-2H3. The molecule has 0 heterocycles. The molecule has 0 radical (unpaired) electrons. The molecule has 4 aromatic rings. The van der Waals surface area contributed by atoms with Crippen molar-refractivity contribution in [2.75, 3.05) is 24.6 Å². The van der Waals surface area contributed by atoms with Crippen LogP contribution in [0.2, 0.25) is 0 Å². The van der Waals surface area contributed by atoms with Gasteiger partial charge in [-0.15, -0.1) is 0 Å². The molecule has 0 amide bonds.